The molecule has 0 spiro atoms. The number of rotatable bonds is 4. The fraction of sp³-hybridized carbons (Fsp3) is 0.250. The summed E-state index contributed by atoms with van der Waals surface area (Å²) in [5.41, 5.74) is 5.40. The topological polar surface area (TPSA) is 50.4 Å². The van der Waals surface area contributed by atoms with E-state index in [1.807, 2.05) is 50.2 Å². The highest BCUT2D eigenvalue weighted by Crippen LogP contribution is 2.44. The first kappa shape index (κ1) is 22.7. The van der Waals surface area contributed by atoms with Gasteiger partial charge in [0.05, 0.1) is 28.0 Å². The zero-order valence-corrected chi connectivity index (χ0v) is 20.7. The molecule has 0 radical (unpaired) electrons. The van der Waals surface area contributed by atoms with Crippen LogP contribution in [0.5, 0.6) is 5.75 Å². The van der Waals surface area contributed by atoms with Crippen molar-refractivity contribution in [2.75, 3.05) is 10.6 Å². The zero-order valence-electron chi connectivity index (χ0n) is 19.1. The summed E-state index contributed by atoms with van der Waals surface area (Å²) >= 11 is 3.30. The molecular formula is C28H26BrFN2O2. The lowest BCUT2D eigenvalue weighted by Gasteiger charge is -2.30. The second-order valence-electron chi connectivity index (χ2n) is 9.08. The van der Waals surface area contributed by atoms with Gasteiger partial charge in [0.25, 0.3) is 0 Å². The highest BCUT2D eigenvalue weighted by atomic mass is 79.9. The minimum Gasteiger partial charge on any atom is -0.491 e. The van der Waals surface area contributed by atoms with Crippen LogP contribution in [0.1, 0.15) is 49.8 Å². The standard InChI is InChI=1S/C28H26BrFN2O2/c1-16(2)34-20-10-7-17(8-11-20)19-14-25-27(26(33)15-19)28(18-9-12-22(30)21(29)13-18)32-24-6-4-3-5-23(24)31-25/h3-13,16,19,28,31-32H,14-15H2,1-2H3. The Hall–Kier alpha value is -3.12. The normalized spacial score (nSPS) is 19.6. The summed E-state index contributed by atoms with van der Waals surface area (Å²) in [6.07, 6.45) is 1.24. The number of nitrogens with one attached hydrogen (secondary N) is 2. The molecule has 3 aromatic carbocycles. The van der Waals surface area contributed by atoms with Gasteiger partial charge in [0.2, 0.25) is 0 Å². The third-order valence-corrected chi connectivity index (χ3v) is 6.92. The van der Waals surface area contributed by atoms with Crippen molar-refractivity contribution < 1.29 is 13.9 Å². The van der Waals surface area contributed by atoms with E-state index in [9.17, 15) is 9.18 Å². The number of ketones is 1. The molecule has 1 aliphatic heterocycles. The van der Waals surface area contributed by atoms with Gasteiger partial charge in [-0.15, -0.1) is 0 Å². The van der Waals surface area contributed by atoms with E-state index in [2.05, 4.69) is 38.7 Å². The van der Waals surface area contributed by atoms with Gasteiger partial charge in [0.15, 0.2) is 5.78 Å². The molecular weight excluding hydrogens is 495 g/mol. The van der Waals surface area contributed by atoms with Crippen LogP contribution < -0.4 is 15.4 Å². The molecule has 0 fully saturated rings. The predicted molar refractivity (Wildman–Crippen MR) is 137 cm³/mol. The van der Waals surface area contributed by atoms with Crippen LogP contribution in [-0.4, -0.2) is 11.9 Å². The summed E-state index contributed by atoms with van der Waals surface area (Å²) in [7, 11) is 0. The van der Waals surface area contributed by atoms with Crippen molar-refractivity contribution in [2.24, 2.45) is 0 Å². The fourth-order valence-corrected chi connectivity index (χ4v) is 5.16. The zero-order chi connectivity index (χ0) is 23.8. The summed E-state index contributed by atoms with van der Waals surface area (Å²) in [6, 6.07) is 20.5. The van der Waals surface area contributed by atoms with Gasteiger partial charge in [-0.3, -0.25) is 4.79 Å². The molecule has 2 aliphatic rings. The summed E-state index contributed by atoms with van der Waals surface area (Å²) in [5, 5.41) is 7.07. The van der Waals surface area contributed by atoms with Gasteiger partial charge in [-0.05, 0) is 89.6 Å². The molecule has 3 aromatic rings. The van der Waals surface area contributed by atoms with E-state index in [0.29, 0.717) is 22.9 Å². The van der Waals surface area contributed by atoms with Crippen LogP contribution in [-0.2, 0) is 4.79 Å². The molecule has 6 heteroatoms. The van der Waals surface area contributed by atoms with E-state index in [0.717, 1.165) is 33.9 Å². The molecule has 1 heterocycles. The molecule has 34 heavy (non-hydrogen) atoms. The number of carbonyl (C=O) groups excluding carboxylic acids is 1. The lowest BCUT2D eigenvalue weighted by molar-refractivity contribution is -0.116. The van der Waals surface area contributed by atoms with E-state index >= 15 is 0 Å². The Balaban J connectivity index is 1.53. The van der Waals surface area contributed by atoms with Crippen LogP contribution in [0.25, 0.3) is 0 Å². The van der Waals surface area contributed by atoms with Gasteiger partial charge < -0.3 is 15.4 Å². The summed E-state index contributed by atoms with van der Waals surface area (Å²) in [6.45, 7) is 4.00. The SMILES string of the molecule is CC(C)Oc1ccc(C2CC(=O)C3=C(C2)Nc2ccccc2NC3c2ccc(F)c(Br)c2)cc1. The Morgan fingerprint density at radius 1 is 0.971 bits per heavy atom. The smallest absolute Gasteiger partial charge is 0.163 e. The van der Waals surface area contributed by atoms with E-state index in [1.54, 1.807) is 12.1 Å². The van der Waals surface area contributed by atoms with Crippen LogP contribution in [0.3, 0.4) is 0 Å². The minimum atomic E-state index is -0.377. The highest BCUT2D eigenvalue weighted by molar-refractivity contribution is 9.10. The lowest BCUT2D eigenvalue weighted by atomic mass is 9.78. The van der Waals surface area contributed by atoms with E-state index in [1.165, 1.54) is 6.07 Å². The first-order valence-electron chi connectivity index (χ1n) is 11.5. The van der Waals surface area contributed by atoms with E-state index in [4.69, 9.17) is 4.74 Å². The summed E-state index contributed by atoms with van der Waals surface area (Å²) < 4.78 is 20.1. The van der Waals surface area contributed by atoms with Gasteiger partial charge in [0.1, 0.15) is 11.6 Å². The Morgan fingerprint density at radius 2 is 1.68 bits per heavy atom. The average molecular weight is 521 g/mol. The van der Waals surface area contributed by atoms with Crippen molar-refractivity contribution in [1.29, 1.82) is 0 Å². The minimum absolute atomic E-state index is 0.0673. The predicted octanol–water partition coefficient (Wildman–Crippen LogP) is 7.35. The second-order valence-corrected chi connectivity index (χ2v) is 9.93. The number of carbonyl (C=O) groups is 1. The molecule has 0 saturated heterocycles. The lowest BCUT2D eigenvalue weighted by Crippen LogP contribution is -2.27. The molecule has 1 aliphatic carbocycles. The van der Waals surface area contributed by atoms with Crippen LogP contribution in [0.4, 0.5) is 15.8 Å². The number of hydrogen-bond acceptors (Lipinski definition) is 4. The van der Waals surface area contributed by atoms with Gasteiger partial charge in [0, 0.05) is 17.7 Å². The van der Waals surface area contributed by atoms with Crippen LogP contribution >= 0.6 is 15.9 Å². The maximum Gasteiger partial charge on any atom is 0.163 e. The monoisotopic (exact) mass is 520 g/mol. The Morgan fingerprint density at radius 3 is 2.38 bits per heavy atom. The number of hydrogen-bond donors (Lipinski definition) is 2. The van der Waals surface area contributed by atoms with Crippen molar-refractivity contribution in [2.45, 2.75) is 44.8 Å². The summed E-state index contributed by atoms with van der Waals surface area (Å²) in [4.78, 5) is 13.6. The molecule has 5 rings (SSSR count). The molecule has 0 bridgehead atoms. The van der Waals surface area contributed by atoms with Crippen LogP contribution in [0, 0.1) is 5.82 Å². The quantitative estimate of drug-likeness (QED) is 0.377. The Kier molecular flexibility index (Phi) is 6.17. The van der Waals surface area contributed by atoms with Gasteiger partial charge in [-0.25, -0.2) is 4.39 Å². The number of halogens is 2. The molecule has 0 amide bonds. The first-order valence-corrected chi connectivity index (χ1v) is 12.3. The number of anilines is 2. The van der Waals surface area contributed by atoms with Gasteiger partial charge >= 0.3 is 0 Å². The third kappa shape index (κ3) is 4.47. The number of benzene rings is 3. The molecule has 0 aromatic heterocycles. The molecule has 0 saturated carbocycles. The fourth-order valence-electron chi connectivity index (χ4n) is 4.76. The number of ether oxygens (including phenoxy) is 1. The maximum absolute atomic E-state index is 14.0. The van der Waals surface area contributed by atoms with Crippen molar-refractivity contribution in [3.63, 3.8) is 0 Å². The Bertz CT molecular complexity index is 1270. The van der Waals surface area contributed by atoms with Gasteiger partial charge in [-0.2, -0.15) is 0 Å². The molecule has 2 atom stereocenters. The first-order chi connectivity index (χ1) is 16.4. The van der Waals surface area contributed by atoms with Crippen molar-refractivity contribution >= 4 is 33.1 Å². The van der Waals surface area contributed by atoms with Crippen LogP contribution in [0.15, 0.2) is 82.5 Å². The maximum atomic E-state index is 14.0. The average Bonchev–Trinajstić information content (AvgIpc) is 2.98. The molecule has 2 unspecified atom stereocenters. The number of allylic oxidation sites excluding steroid dienone is 1. The largest absolute Gasteiger partial charge is 0.491 e. The Labute approximate surface area is 207 Å². The van der Waals surface area contributed by atoms with Crippen molar-refractivity contribution in [1.82, 2.24) is 0 Å². The van der Waals surface area contributed by atoms with E-state index in [-0.39, 0.29) is 29.7 Å². The number of para-hydroxylation sites is 2. The third-order valence-electron chi connectivity index (χ3n) is 6.31. The van der Waals surface area contributed by atoms with Gasteiger partial charge in [-0.1, -0.05) is 30.3 Å². The summed E-state index contributed by atoms with van der Waals surface area (Å²) in [5.74, 6) is 0.656. The van der Waals surface area contributed by atoms with Crippen molar-refractivity contribution in [3.05, 3.63) is 99.4 Å². The number of fused-ring (bicyclic) bond motifs is 1. The molecule has 174 valence electrons. The van der Waals surface area contributed by atoms with E-state index < -0.39 is 0 Å². The van der Waals surface area contributed by atoms with Crippen LogP contribution in [0.2, 0.25) is 0 Å². The number of Topliss-reactive ketones (excluding diaryl/α,β-unsaturated/α-hetero) is 1. The second kappa shape index (κ2) is 9.26. The molecule has 4 nitrogen and oxygen atoms in total. The van der Waals surface area contributed by atoms with Crippen molar-refractivity contribution in [3.8, 4) is 5.75 Å². The highest BCUT2D eigenvalue weighted by Gasteiger charge is 2.36. The molecule has 2 N–H and O–H groups in total.